The first-order valence-corrected chi connectivity index (χ1v) is 7.36. The Bertz CT molecular complexity index is 754. The minimum absolute atomic E-state index is 0.0444. The van der Waals surface area contributed by atoms with Crippen LogP contribution in [0.15, 0.2) is 30.5 Å². The van der Waals surface area contributed by atoms with Crippen LogP contribution in [0.1, 0.15) is 5.56 Å². The van der Waals surface area contributed by atoms with E-state index < -0.39 is 5.82 Å². The number of cyclic esters (lactones) is 1. The molecule has 1 aliphatic rings. The molecule has 120 valence electrons. The van der Waals surface area contributed by atoms with Gasteiger partial charge in [-0.15, -0.1) is 0 Å². The second kappa shape index (κ2) is 6.42. The Morgan fingerprint density at radius 2 is 2.22 bits per heavy atom. The highest BCUT2D eigenvalue weighted by Gasteiger charge is 2.23. The van der Waals surface area contributed by atoms with Gasteiger partial charge in [0, 0.05) is 17.3 Å². The molecule has 3 rings (SSSR count). The van der Waals surface area contributed by atoms with Crippen molar-refractivity contribution in [1.29, 1.82) is 0 Å². The number of carbonyl (C=O) groups excluding carboxylic acids is 1. The van der Waals surface area contributed by atoms with Gasteiger partial charge < -0.3 is 14.4 Å². The van der Waals surface area contributed by atoms with E-state index in [4.69, 9.17) is 21.1 Å². The van der Waals surface area contributed by atoms with Gasteiger partial charge in [0.05, 0.1) is 25.2 Å². The van der Waals surface area contributed by atoms with Crippen molar-refractivity contribution >= 4 is 17.7 Å². The Morgan fingerprint density at radius 3 is 2.87 bits per heavy atom. The molecule has 0 unspecified atom stereocenters. The number of methoxy groups -OCH3 is 1. The Labute approximate surface area is 137 Å². The van der Waals surface area contributed by atoms with Crippen LogP contribution in [0, 0.1) is 5.82 Å². The zero-order valence-electron chi connectivity index (χ0n) is 12.4. The molecule has 23 heavy (non-hydrogen) atoms. The fraction of sp³-hybridized carbons (Fsp3) is 0.250. The monoisotopic (exact) mass is 336 g/mol. The lowest BCUT2D eigenvalue weighted by molar-refractivity contribution is 0.157. The summed E-state index contributed by atoms with van der Waals surface area (Å²) in [5.41, 5.74) is 2.23. The highest BCUT2D eigenvalue weighted by atomic mass is 35.5. The predicted molar refractivity (Wildman–Crippen MR) is 83.0 cm³/mol. The summed E-state index contributed by atoms with van der Waals surface area (Å²) in [5, 5.41) is 0.0444. The summed E-state index contributed by atoms with van der Waals surface area (Å²) in [5.74, 6) is -0.0430. The first-order valence-electron chi connectivity index (χ1n) is 6.98. The summed E-state index contributed by atoms with van der Waals surface area (Å²) in [4.78, 5) is 17.4. The van der Waals surface area contributed by atoms with Gasteiger partial charge in [-0.05, 0) is 23.8 Å². The van der Waals surface area contributed by atoms with Crippen LogP contribution < -0.4 is 4.74 Å². The maximum atomic E-state index is 13.3. The summed E-state index contributed by atoms with van der Waals surface area (Å²) in [6, 6.07) is 6.31. The van der Waals surface area contributed by atoms with Crippen molar-refractivity contribution in [2.75, 3.05) is 20.3 Å². The number of benzene rings is 1. The smallest absolute Gasteiger partial charge is 0.410 e. The van der Waals surface area contributed by atoms with Crippen molar-refractivity contribution in [1.82, 2.24) is 9.88 Å². The van der Waals surface area contributed by atoms with E-state index >= 15 is 0 Å². The number of nitrogens with zero attached hydrogens (tertiary/aromatic N) is 2. The van der Waals surface area contributed by atoms with E-state index in [-0.39, 0.29) is 11.1 Å². The third-order valence-corrected chi connectivity index (χ3v) is 3.87. The minimum atomic E-state index is -0.475. The number of aromatic nitrogens is 1. The lowest BCUT2D eigenvalue weighted by Crippen LogP contribution is -2.24. The molecule has 5 nitrogen and oxygen atoms in total. The van der Waals surface area contributed by atoms with Crippen LogP contribution >= 0.6 is 11.6 Å². The van der Waals surface area contributed by atoms with E-state index in [2.05, 4.69) is 4.98 Å². The predicted octanol–water partition coefficient (Wildman–Crippen LogP) is 3.50. The van der Waals surface area contributed by atoms with Gasteiger partial charge in [0.1, 0.15) is 12.4 Å². The normalized spacial score (nSPS) is 14.0. The molecule has 1 aliphatic heterocycles. The van der Waals surface area contributed by atoms with Crippen LogP contribution in [-0.4, -0.2) is 36.2 Å². The Balaban J connectivity index is 1.94. The maximum Gasteiger partial charge on any atom is 0.410 e. The Hall–Kier alpha value is -2.34. The van der Waals surface area contributed by atoms with Gasteiger partial charge in [-0.3, -0.25) is 0 Å². The molecule has 0 spiro atoms. The number of carbonyl (C=O) groups is 1. The fourth-order valence-corrected chi connectivity index (χ4v) is 2.58. The minimum Gasteiger partial charge on any atom is -0.481 e. The molecule has 0 N–H and O–H groups in total. The van der Waals surface area contributed by atoms with Gasteiger partial charge in [0.2, 0.25) is 5.88 Å². The number of amides is 1. The van der Waals surface area contributed by atoms with Crippen molar-refractivity contribution in [2.45, 2.75) is 6.54 Å². The lowest BCUT2D eigenvalue weighted by Gasteiger charge is -2.15. The molecule has 1 fully saturated rings. The van der Waals surface area contributed by atoms with Gasteiger partial charge in [0.15, 0.2) is 0 Å². The summed E-state index contributed by atoms with van der Waals surface area (Å²) in [6.45, 7) is 1.23. The second-order valence-electron chi connectivity index (χ2n) is 5.06. The van der Waals surface area contributed by atoms with Crippen LogP contribution in [0.5, 0.6) is 5.88 Å². The van der Waals surface area contributed by atoms with Crippen LogP contribution in [0.25, 0.3) is 11.1 Å². The molecule has 2 heterocycles. The largest absolute Gasteiger partial charge is 0.481 e. The first-order chi connectivity index (χ1) is 11.1. The zero-order chi connectivity index (χ0) is 16.4. The molecule has 0 atom stereocenters. The summed E-state index contributed by atoms with van der Waals surface area (Å²) in [7, 11) is 1.52. The van der Waals surface area contributed by atoms with Crippen molar-refractivity contribution in [2.24, 2.45) is 0 Å². The standard InChI is InChI=1S/C16H14ClFN2O3/c1-22-15-12(9-20-4-5-23-16(20)21)6-11(8-19-15)10-2-3-14(18)13(17)7-10/h2-3,6-8H,4-5,9H2,1H3. The van der Waals surface area contributed by atoms with Gasteiger partial charge in [-0.2, -0.15) is 0 Å². The number of hydrogen-bond acceptors (Lipinski definition) is 4. The summed E-state index contributed by atoms with van der Waals surface area (Å²) >= 11 is 5.83. The zero-order valence-corrected chi connectivity index (χ0v) is 13.1. The van der Waals surface area contributed by atoms with E-state index in [0.717, 1.165) is 16.7 Å². The second-order valence-corrected chi connectivity index (χ2v) is 5.46. The van der Waals surface area contributed by atoms with Crippen molar-refractivity contribution in [3.63, 3.8) is 0 Å². The van der Waals surface area contributed by atoms with Gasteiger partial charge >= 0.3 is 6.09 Å². The molecule has 1 aromatic carbocycles. The number of hydrogen-bond donors (Lipinski definition) is 0. The molecular formula is C16H14ClFN2O3. The van der Waals surface area contributed by atoms with E-state index in [9.17, 15) is 9.18 Å². The van der Waals surface area contributed by atoms with Crippen LogP contribution in [-0.2, 0) is 11.3 Å². The Morgan fingerprint density at radius 1 is 1.39 bits per heavy atom. The lowest BCUT2D eigenvalue weighted by atomic mass is 10.1. The number of halogens is 2. The van der Waals surface area contributed by atoms with Crippen LogP contribution in [0.3, 0.4) is 0 Å². The quantitative estimate of drug-likeness (QED) is 0.857. The van der Waals surface area contributed by atoms with Crippen molar-refractivity contribution in [3.8, 4) is 17.0 Å². The molecule has 1 amide bonds. The fourth-order valence-electron chi connectivity index (χ4n) is 2.40. The average Bonchev–Trinajstić information content (AvgIpc) is 2.95. The molecule has 1 aromatic heterocycles. The SMILES string of the molecule is COc1ncc(-c2ccc(F)c(Cl)c2)cc1CN1CCOC1=O. The van der Waals surface area contributed by atoms with Gasteiger partial charge in [-0.1, -0.05) is 17.7 Å². The van der Waals surface area contributed by atoms with Crippen LogP contribution in [0.4, 0.5) is 9.18 Å². The third-order valence-electron chi connectivity index (χ3n) is 3.58. The topological polar surface area (TPSA) is 51.7 Å². The van der Waals surface area contributed by atoms with Gasteiger partial charge in [0.25, 0.3) is 0 Å². The van der Waals surface area contributed by atoms with Crippen LogP contribution in [0.2, 0.25) is 5.02 Å². The maximum absolute atomic E-state index is 13.3. The highest BCUT2D eigenvalue weighted by molar-refractivity contribution is 6.31. The average molecular weight is 337 g/mol. The number of pyridine rings is 1. The molecule has 0 aliphatic carbocycles. The van der Waals surface area contributed by atoms with Crippen molar-refractivity contribution < 1.29 is 18.7 Å². The van der Waals surface area contributed by atoms with E-state index in [0.29, 0.717) is 25.6 Å². The molecular weight excluding hydrogens is 323 g/mol. The summed E-state index contributed by atoms with van der Waals surface area (Å²) < 4.78 is 23.5. The van der Waals surface area contributed by atoms with Gasteiger partial charge in [-0.25, -0.2) is 14.2 Å². The Kier molecular flexibility index (Phi) is 4.34. The van der Waals surface area contributed by atoms with E-state index in [1.54, 1.807) is 17.2 Å². The number of ether oxygens (including phenoxy) is 2. The summed E-state index contributed by atoms with van der Waals surface area (Å²) in [6.07, 6.45) is 1.26. The number of rotatable bonds is 4. The molecule has 7 heteroatoms. The molecule has 2 aromatic rings. The molecule has 0 radical (unpaired) electrons. The highest BCUT2D eigenvalue weighted by Crippen LogP contribution is 2.28. The van der Waals surface area contributed by atoms with E-state index in [1.807, 2.05) is 6.07 Å². The third kappa shape index (κ3) is 3.22. The van der Waals surface area contributed by atoms with Crippen molar-refractivity contribution in [3.05, 3.63) is 46.9 Å². The first kappa shape index (κ1) is 15.6. The molecule has 0 bridgehead atoms. The van der Waals surface area contributed by atoms with E-state index in [1.165, 1.54) is 19.2 Å². The molecule has 1 saturated heterocycles. The molecule has 0 saturated carbocycles.